The Morgan fingerprint density at radius 1 is 1.03 bits per heavy atom. The van der Waals surface area contributed by atoms with Crippen molar-refractivity contribution in [3.8, 4) is 0 Å². The zero-order valence-electron chi connectivity index (χ0n) is 15.0. The Labute approximate surface area is 180 Å². The summed E-state index contributed by atoms with van der Waals surface area (Å²) in [5.74, 6) is -0.756. The lowest BCUT2D eigenvalue weighted by Gasteiger charge is -2.09. The SMILES string of the molecule is O=C(/C=C/c1ccc(Cl)c(C(F)(F)F)c1)NCc1nnc2c(Cl)cc(C(F)(F)F)cn12. The predicted molar refractivity (Wildman–Crippen MR) is 100 cm³/mol. The lowest BCUT2D eigenvalue weighted by atomic mass is 10.1. The Morgan fingerprint density at radius 2 is 1.74 bits per heavy atom. The highest BCUT2D eigenvalue weighted by molar-refractivity contribution is 6.33. The number of fused-ring (bicyclic) bond motifs is 1. The first-order chi connectivity index (χ1) is 14.4. The van der Waals surface area contributed by atoms with Crippen LogP contribution >= 0.6 is 23.2 Å². The minimum absolute atomic E-state index is 0.0319. The van der Waals surface area contributed by atoms with Crippen molar-refractivity contribution in [1.29, 1.82) is 0 Å². The molecule has 0 spiro atoms. The van der Waals surface area contributed by atoms with Gasteiger partial charge in [0.15, 0.2) is 11.5 Å². The van der Waals surface area contributed by atoms with Crippen molar-refractivity contribution in [2.75, 3.05) is 0 Å². The monoisotopic (exact) mass is 482 g/mol. The maximum absolute atomic E-state index is 13.0. The Hall–Kier alpha value is -2.79. The van der Waals surface area contributed by atoms with Gasteiger partial charge in [0.25, 0.3) is 0 Å². The van der Waals surface area contributed by atoms with E-state index >= 15 is 0 Å². The van der Waals surface area contributed by atoms with E-state index in [4.69, 9.17) is 23.2 Å². The molecule has 0 radical (unpaired) electrons. The Morgan fingerprint density at radius 3 is 2.39 bits per heavy atom. The molecule has 5 nitrogen and oxygen atoms in total. The molecule has 3 rings (SSSR count). The lowest BCUT2D eigenvalue weighted by molar-refractivity contribution is -0.138. The van der Waals surface area contributed by atoms with Crippen molar-refractivity contribution in [2.45, 2.75) is 18.9 Å². The second-order valence-electron chi connectivity index (χ2n) is 6.17. The van der Waals surface area contributed by atoms with Crippen LogP contribution in [0.15, 0.2) is 36.5 Å². The fourth-order valence-corrected chi connectivity index (χ4v) is 3.01. The highest BCUT2D eigenvalue weighted by Gasteiger charge is 2.33. The quantitative estimate of drug-likeness (QED) is 0.399. The first kappa shape index (κ1) is 22.9. The van der Waals surface area contributed by atoms with Crippen LogP contribution in [-0.2, 0) is 23.7 Å². The highest BCUT2D eigenvalue weighted by Crippen LogP contribution is 2.35. The average molecular weight is 483 g/mol. The van der Waals surface area contributed by atoms with Crippen molar-refractivity contribution in [2.24, 2.45) is 0 Å². The number of carbonyl (C=O) groups is 1. The van der Waals surface area contributed by atoms with Gasteiger partial charge in [0.1, 0.15) is 0 Å². The van der Waals surface area contributed by atoms with Crippen LogP contribution in [0.3, 0.4) is 0 Å². The molecule has 1 N–H and O–H groups in total. The molecule has 2 aromatic heterocycles. The van der Waals surface area contributed by atoms with E-state index in [1.807, 2.05) is 0 Å². The van der Waals surface area contributed by atoms with Gasteiger partial charge in [-0.3, -0.25) is 9.20 Å². The van der Waals surface area contributed by atoms with Crippen LogP contribution in [0.25, 0.3) is 11.7 Å². The Kier molecular flexibility index (Phi) is 6.19. The number of amides is 1. The largest absolute Gasteiger partial charge is 0.417 e. The number of hydrogen-bond acceptors (Lipinski definition) is 3. The fourth-order valence-electron chi connectivity index (χ4n) is 2.54. The van der Waals surface area contributed by atoms with Crippen molar-refractivity contribution in [3.63, 3.8) is 0 Å². The van der Waals surface area contributed by atoms with Gasteiger partial charge in [0, 0.05) is 12.3 Å². The molecule has 31 heavy (non-hydrogen) atoms. The molecule has 0 unspecified atom stereocenters. The molecule has 1 aromatic carbocycles. The van der Waals surface area contributed by atoms with E-state index < -0.39 is 34.4 Å². The number of pyridine rings is 1. The van der Waals surface area contributed by atoms with Crippen molar-refractivity contribution >= 4 is 40.8 Å². The van der Waals surface area contributed by atoms with Gasteiger partial charge in [0.2, 0.25) is 5.91 Å². The maximum atomic E-state index is 13.0. The first-order valence-corrected chi connectivity index (χ1v) is 9.05. The standard InChI is InChI=1S/C18H10Cl2F6N4O/c19-12-3-1-9(5-11(12)18(24,25)26)2-4-15(31)27-7-14-28-29-16-13(20)6-10(8-30(14)16)17(21,22)23/h1-6,8H,7H2,(H,27,31)/b4-2+. The van der Waals surface area contributed by atoms with E-state index in [2.05, 4.69) is 15.5 Å². The zero-order chi connectivity index (χ0) is 23.0. The third-order valence-corrected chi connectivity index (χ3v) is 4.61. The van der Waals surface area contributed by atoms with E-state index in [-0.39, 0.29) is 28.6 Å². The molecule has 0 bridgehead atoms. The Balaban J connectivity index is 1.74. The van der Waals surface area contributed by atoms with E-state index in [0.29, 0.717) is 6.07 Å². The number of aromatic nitrogens is 3. The summed E-state index contributed by atoms with van der Waals surface area (Å²) in [6, 6.07) is 3.82. The molecule has 0 atom stereocenters. The average Bonchev–Trinajstić information content (AvgIpc) is 3.07. The van der Waals surface area contributed by atoms with Crippen LogP contribution in [0.2, 0.25) is 10.0 Å². The number of nitrogens with one attached hydrogen (secondary N) is 1. The molecule has 2 heterocycles. The summed E-state index contributed by atoms with van der Waals surface area (Å²) < 4.78 is 78.5. The van der Waals surface area contributed by atoms with Gasteiger partial charge >= 0.3 is 12.4 Å². The smallest absolute Gasteiger partial charge is 0.345 e. The van der Waals surface area contributed by atoms with Crippen LogP contribution in [0.1, 0.15) is 22.5 Å². The maximum Gasteiger partial charge on any atom is 0.417 e. The number of nitrogens with zero attached hydrogens (tertiary/aromatic N) is 3. The second-order valence-corrected chi connectivity index (χ2v) is 6.99. The van der Waals surface area contributed by atoms with Gasteiger partial charge in [-0.1, -0.05) is 29.3 Å². The highest BCUT2D eigenvalue weighted by atomic mass is 35.5. The molecular weight excluding hydrogens is 473 g/mol. The van der Waals surface area contributed by atoms with E-state index in [1.165, 1.54) is 6.07 Å². The summed E-state index contributed by atoms with van der Waals surface area (Å²) >= 11 is 11.3. The lowest BCUT2D eigenvalue weighted by Crippen LogP contribution is -2.22. The van der Waals surface area contributed by atoms with Crippen LogP contribution in [0, 0.1) is 0 Å². The first-order valence-electron chi connectivity index (χ1n) is 8.29. The molecule has 0 saturated heterocycles. The summed E-state index contributed by atoms with van der Waals surface area (Å²) in [4.78, 5) is 12.0. The molecule has 0 aliphatic carbocycles. The van der Waals surface area contributed by atoms with Crippen LogP contribution in [0.4, 0.5) is 26.3 Å². The van der Waals surface area contributed by atoms with Crippen molar-refractivity contribution < 1.29 is 31.1 Å². The zero-order valence-corrected chi connectivity index (χ0v) is 16.5. The molecule has 0 fully saturated rings. The van der Waals surface area contributed by atoms with Crippen LogP contribution in [0.5, 0.6) is 0 Å². The number of carbonyl (C=O) groups excluding carboxylic acids is 1. The minimum Gasteiger partial charge on any atom is -0.345 e. The van der Waals surface area contributed by atoms with Gasteiger partial charge < -0.3 is 5.32 Å². The molecular formula is C18H10Cl2F6N4O. The van der Waals surface area contributed by atoms with Gasteiger partial charge in [-0.2, -0.15) is 26.3 Å². The number of benzene rings is 1. The molecule has 164 valence electrons. The van der Waals surface area contributed by atoms with E-state index in [0.717, 1.165) is 34.9 Å². The molecule has 13 heteroatoms. The summed E-state index contributed by atoms with van der Waals surface area (Å²) in [7, 11) is 0. The molecule has 1 amide bonds. The van der Waals surface area contributed by atoms with Crippen molar-refractivity contribution in [3.05, 3.63) is 69.1 Å². The normalized spacial score (nSPS) is 12.6. The van der Waals surface area contributed by atoms with Gasteiger partial charge in [-0.05, 0) is 29.8 Å². The van der Waals surface area contributed by atoms with E-state index in [9.17, 15) is 31.1 Å². The topological polar surface area (TPSA) is 59.3 Å². The van der Waals surface area contributed by atoms with Crippen LogP contribution < -0.4 is 5.32 Å². The number of alkyl halides is 6. The summed E-state index contributed by atoms with van der Waals surface area (Å²) in [6.07, 6.45) is -6.49. The number of halogens is 8. The van der Waals surface area contributed by atoms with Gasteiger partial charge in [-0.15, -0.1) is 10.2 Å². The summed E-state index contributed by atoms with van der Waals surface area (Å²) in [5.41, 5.74) is -2.04. The molecule has 0 saturated carbocycles. The Bertz CT molecular complexity index is 1170. The van der Waals surface area contributed by atoms with Gasteiger partial charge in [-0.25, -0.2) is 0 Å². The third kappa shape index (κ3) is 5.28. The van der Waals surface area contributed by atoms with Crippen molar-refractivity contribution in [1.82, 2.24) is 19.9 Å². The summed E-state index contributed by atoms with van der Waals surface area (Å²) in [6.45, 7) is -0.309. The summed E-state index contributed by atoms with van der Waals surface area (Å²) in [5, 5.41) is 8.98. The van der Waals surface area contributed by atoms with Crippen LogP contribution in [-0.4, -0.2) is 20.5 Å². The number of rotatable bonds is 4. The predicted octanol–water partition coefficient (Wildman–Crippen LogP) is 5.40. The molecule has 0 aliphatic heterocycles. The second kappa shape index (κ2) is 8.39. The third-order valence-electron chi connectivity index (χ3n) is 4.00. The van der Waals surface area contributed by atoms with Gasteiger partial charge in [0.05, 0.1) is 27.7 Å². The van der Waals surface area contributed by atoms with E-state index in [1.54, 1.807) is 0 Å². The number of hydrogen-bond donors (Lipinski definition) is 1. The fraction of sp³-hybridized carbons (Fsp3) is 0.167. The minimum atomic E-state index is -4.66. The molecule has 0 aliphatic rings. The molecule has 3 aromatic rings.